The Kier molecular flexibility index (Phi) is 10.1. The molecule has 0 spiro atoms. The largest absolute Gasteiger partial charge is 0.458 e. The van der Waals surface area contributed by atoms with Gasteiger partial charge in [-0.25, -0.2) is 4.79 Å². The number of rotatable bonds is 12. The van der Waals surface area contributed by atoms with Gasteiger partial charge in [0.15, 0.2) is 0 Å². The predicted molar refractivity (Wildman–Crippen MR) is 146 cm³/mol. The summed E-state index contributed by atoms with van der Waals surface area (Å²) in [5.74, 6) is -1.80. The van der Waals surface area contributed by atoms with Gasteiger partial charge in [0, 0.05) is 13.2 Å². The maximum atomic E-state index is 13.7. The van der Waals surface area contributed by atoms with Crippen LogP contribution in [0.15, 0.2) is 91.0 Å². The first-order chi connectivity index (χ1) is 18.4. The smallest absolute Gasteiger partial charge is 0.430 e. The first-order valence-electron chi connectivity index (χ1n) is 12.7. The molecule has 0 fully saturated rings. The van der Waals surface area contributed by atoms with Gasteiger partial charge in [-0.2, -0.15) is 13.2 Å². The molecule has 1 atom stereocenters. The zero-order valence-corrected chi connectivity index (χ0v) is 23.4. The molecule has 0 aliphatic rings. The molecular weight excluding hydrogens is 525 g/mol. The molecule has 9 heteroatoms. The van der Waals surface area contributed by atoms with Crippen LogP contribution in [-0.4, -0.2) is 51.0 Å². The fourth-order valence-electron chi connectivity index (χ4n) is 4.47. The monoisotopic (exact) mass is 560 g/mol. The van der Waals surface area contributed by atoms with Gasteiger partial charge in [-0.15, -0.1) is 0 Å². The van der Waals surface area contributed by atoms with Gasteiger partial charge in [0.1, 0.15) is 6.61 Å². The van der Waals surface area contributed by atoms with Crippen LogP contribution in [0, 0.1) is 0 Å². The van der Waals surface area contributed by atoms with E-state index in [0.29, 0.717) is 5.56 Å². The summed E-state index contributed by atoms with van der Waals surface area (Å²) in [5.41, 5.74) is -3.28. The van der Waals surface area contributed by atoms with E-state index in [-0.39, 0.29) is 24.7 Å². The van der Waals surface area contributed by atoms with Crippen LogP contribution in [0.4, 0.5) is 13.2 Å². The number of alkyl halides is 3. The van der Waals surface area contributed by atoms with Gasteiger partial charge in [-0.1, -0.05) is 112 Å². The highest BCUT2D eigenvalue weighted by atomic mass is 28.4. The molecule has 0 heterocycles. The van der Waals surface area contributed by atoms with E-state index < -0.39 is 39.3 Å². The van der Waals surface area contributed by atoms with Gasteiger partial charge >= 0.3 is 12.1 Å². The number of halogens is 3. The van der Waals surface area contributed by atoms with Crippen molar-refractivity contribution in [3.05, 3.63) is 96.6 Å². The van der Waals surface area contributed by atoms with Crippen molar-refractivity contribution >= 4 is 24.7 Å². The second-order valence-electron chi connectivity index (χ2n) is 10.3. The van der Waals surface area contributed by atoms with E-state index >= 15 is 0 Å². The van der Waals surface area contributed by atoms with Crippen LogP contribution in [0.5, 0.6) is 0 Å². The molecule has 3 aromatic carbocycles. The highest BCUT2D eigenvalue weighted by Crippen LogP contribution is 2.37. The lowest BCUT2D eigenvalue weighted by molar-refractivity contribution is -0.275. The van der Waals surface area contributed by atoms with Crippen LogP contribution in [0.1, 0.15) is 32.8 Å². The molecule has 0 aliphatic carbocycles. The third-order valence-electron chi connectivity index (χ3n) is 6.50. The summed E-state index contributed by atoms with van der Waals surface area (Å²) < 4.78 is 57.6. The number of carbonyl (C=O) groups excluding carboxylic acids is 1. The van der Waals surface area contributed by atoms with Crippen LogP contribution in [0.25, 0.3) is 0 Å². The predicted octanol–water partition coefficient (Wildman–Crippen LogP) is 5.01. The van der Waals surface area contributed by atoms with Crippen LogP contribution in [0.3, 0.4) is 0 Å². The summed E-state index contributed by atoms with van der Waals surface area (Å²) in [5, 5.41) is 12.1. The second kappa shape index (κ2) is 12.9. The van der Waals surface area contributed by atoms with Crippen molar-refractivity contribution in [3.63, 3.8) is 0 Å². The van der Waals surface area contributed by atoms with E-state index in [9.17, 15) is 23.1 Å². The van der Waals surface area contributed by atoms with Crippen molar-refractivity contribution in [1.29, 1.82) is 0 Å². The fraction of sp³-hybridized carbons (Fsp3) is 0.367. The molecule has 0 aliphatic heterocycles. The Morgan fingerprint density at radius 3 is 1.74 bits per heavy atom. The molecule has 1 N–H and O–H groups in total. The van der Waals surface area contributed by atoms with E-state index in [4.69, 9.17) is 13.9 Å². The highest BCUT2D eigenvalue weighted by Gasteiger charge is 2.61. The van der Waals surface area contributed by atoms with E-state index in [2.05, 4.69) is 20.8 Å². The number of hydrogen-bond donors (Lipinski definition) is 1. The van der Waals surface area contributed by atoms with E-state index in [1.54, 1.807) is 30.3 Å². The molecule has 1 unspecified atom stereocenters. The minimum absolute atomic E-state index is 0.150. The zero-order chi connectivity index (χ0) is 28.6. The van der Waals surface area contributed by atoms with E-state index in [0.717, 1.165) is 10.4 Å². The summed E-state index contributed by atoms with van der Waals surface area (Å²) in [6.45, 7) is 4.77. The Morgan fingerprint density at radius 1 is 0.795 bits per heavy atom. The molecule has 5 nitrogen and oxygen atoms in total. The van der Waals surface area contributed by atoms with Gasteiger partial charge in [0.2, 0.25) is 0 Å². The van der Waals surface area contributed by atoms with Gasteiger partial charge < -0.3 is 19.0 Å². The summed E-state index contributed by atoms with van der Waals surface area (Å²) in [6.07, 6.45) is -5.01. The van der Waals surface area contributed by atoms with Crippen LogP contribution < -0.4 is 10.4 Å². The molecule has 0 radical (unpaired) electrons. The third kappa shape index (κ3) is 7.16. The number of ether oxygens (including phenoxy) is 2. The molecule has 0 aromatic heterocycles. The Hall–Kier alpha value is -2.98. The van der Waals surface area contributed by atoms with Crippen molar-refractivity contribution in [2.24, 2.45) is 0 Å². The topological polar surface area (TPSA) is 65.0 Å². The molecule has 0 saturated carbocycles. The number of aliphatic hydroxyl groups is 1. The molecule has 210 valence electrons. The summed E-state index contributed by atoms with van der Waals surface area (Å²) in [6, 6.07) is 28.2. The van der Waals surface area contributed by atoms with Crippen LogP contribution in [0.2, 0.25) is 5.04 Å². The summed E-state index contributed by atoms with van der Waals surface area (Å²) in [7, 11) is -2.80. The number of esters is 1. The number of hydrogen-bond acceptors (Lipinski definition) is 5. The van der Waals surface area contributed by atoms with Gasteiger partial charge in [0.05, 0.1) is 6.61 Å². The average molecular weight is 561 g/mol. The van der Waals surface area contributed by atoms with Crippen molar-refractivity contribution in [3.8, 4) is 0 Å². The molecule has 39 heavy (non-hydrogen) atoms. The average Bonchev–Trinajstić information content (AvgIpc) is 2.91. The van der Waals surface area contributed by atoms with Crippen LogP contribution >= 0.6 is 0 Å². The van der Waals surface area contributed by atoms with E-state index in [1.807, 2.05) is 60.7 Å². The van der Waals surface area contributed by atoms with Gasteiger partial charge in [-0.3, -0.25) is 0 Å². The summed E-state index contributed by atoms with van der Waals surface area (Å²) in [4.78, 5) is 12.3. The standard InChI is InChI=1S/C30H35F3O5Si/c1-28(2,3)39(25-16-9-5-10-17-25,26-18-11-6-12-19-26)38-21-13-20-36-23-29(35,30(31,32)33)27(34)37-22-24-14-7-4-8-15-24/h4-12,14-19,35H,13,20-23H2,1-3H3. The lowest BCUT2D eigenvalue weighted by Crippen LogP contribution is -2.66. The fourth-order valence-corrected chi connectivity index (χ4v) is 9.07. The Bertz CT molecular complexity index is 1130. The normalized spacial score (nSPS) is 14.0. The summed E-state index contributed by atoms with van der Waals surface area (Å²) >= 11 is 0. The first-order valence-corrected chi connectivity index (χ1v) is 14.7. The lowest BCUT2D eigenvalue weighted by Gasteiger charge is -2.43. The SMILES string of the molecule is CC(C)(C)[Si](OCCCOCC(O)(C(=O)OCc1ccccc1)C(F)(F)F)(c1ccccc1)c1ccccc1. The molecule has 0 bridgehead atoms. The number of benzene rings is 3. The Labute approximate surface area is 228 Å². The maximum absolute atomic E-state index is 13.7. The first kappa shape index (κ1) is 30.6. The van der Waals surface area contributed by atoms with E-state index in [1.165, 1.54) is 0 Å². The van der Waals surface area contributed by atoms with Crippen molar-refractivity contribution in [2.75, 3.05) is 19.8 Å². The van der Waals surface area contributed by atoms with Gasteiger partial charge in [-0.05, 0) is 27.4 Å². The van der Waals surface area contributed by atoms with Gasteiger partial charge in [0.25, 0.3) is 13.9 Å². The molecule has 0 saturated heterocycles. The maximum Gasteiger partial charge on any atom is 0.430 e. The van der Waals surface area contributed by atoms with Crippen LogP contribution in [-0.2, 0) is 25.3 Å². The molecular formula is C30H35F3O5Si. The highest BCUT2D eigenvalue weighted by molar-refractivity contribution is 6.99. The third-order valence-corrected chi connectivity index (χ3v) is 11.5. The van der Waals surface area contributed by atoms with Crippen molar-refractivity contribution < 1.29 is 37.0 Å². The Morgan fingerprint density at radius 2 is 1.28 bits per heavy atom. The lowest BCUT2D eigenvalue weighted by atomic mass is 10.1. The van der Waals surface area contributed by atoms with Crippen molar-refractivity contribution in [1.82, 2.24) is 0 Å². The Balaban J connectivity index is 1.65. The minimum Gasteiger partial charge on any atom is -0.458 e. The second-order valence-corrected chi connectivity index (χ2v) is 14.6. The zero-order valence-electron chi connectivity index (χ0n) is 22.4. The minimum atomic E-state index is -5.27. The molecule has 3 aromatic rings. The van der Waals surface area contributed by atoms with Crippen molar-refractivity contribution in [2.45, 2.75) is 50.6 Å². The molecule has 0 amide bonds. The number of carbonyl (C=O) groups is 1. The quantitative estimate of drug-likeness (QED) is 0.192. The molecule has 3 rings (SSSR count).